The number of pyridine rings is 1. The minimum Gasteiger partial charge on any atom is -0.334 e. The third-order valence-corrected chi connectivity index (χ3v) is 5.80. The van der Waals surface area contributed by atoms with E-state index in [-0.39, 0.29) is 5.91 Å². The van der Waals surface area contributed by atoms with Crippen LogP contribution in [0.5, 0.6) is 0 Å². The van der Waals surface area contributed by atoms with Gasteiger partial charge in [0.2, 0.25) is 0 Å². The summed E-state index contributed by atoms with van der Waals surface area (Å²) in [6.45, 7) is 2.37. The fraction of sp³-hybridized carbons (Fsp3) is 0.250. The number of amides is 1. The molecule has 0 fully saturated rings. The van der Waals surface area contributed by atoms with Gasteiger partial charge in [0.25, 0.3) is 5.91 Å². The van der Waals surface area contributed by atoms with Crippen molar-refractivity contribution >= 4 is 17.4 Å². The van der Waals surface area contributed by atoms with Crippen LogP contribution in [0.3, 0.4) is 0 Å². The van der Waals surface area contributed by atoms with Gasteiger partial charge in [-0.15, -0.1) is 0 Å². The predicted molar refractivity (Wildman–Crippen MR) is 111 cm³/mol. The van der Waals surface area contributed by atoms with E-state index in [0.29, 0.717) is 12.1 Å². The lowest BCUT2D eigenvalue weighted by molar-refractivity contribution is 0.0734. The van der Waals surface area contributed by atoms with Gasteiger partial charge in [-0.05, 0) is 54.2 Å². The van der Waals surface area contributed by atoms with E-state index < -0.39 is 0 Å². The smallest absolute Gasteiger partial charge is 0.254 e. The molecule has 0 atom stereocenters. The van der Waals surface area contributed by atoms with Gasteiger partial charge >= 0.3 is 0 Å². The molecule has 4 nitrogen and oxygen atoms in total. The molecule has 0 aliphatic carbocycles. The maximum atomic E-state index is 13.2. The van der Waals surface area contributed by atoms with Crippen LogP contribution in [0.4, 0.5) is 11.5 Å². The Morgan fingerprint density at radius 1 is 0.857 bits per heavy atom. The molecule has 0 saturated carbocycles. The van der Waals surface area contributed by atoms with Gasteiger partial charge in [0.1, 0.15) is 5.82 Å². The van der Waals surface area contributed by atoms with Crippen molar-refractivity contribution in [3.05, 3.63) is 89.1 Å². The number of anilines is 2. The molecule has 0 bridgehead atoms. The summed E-state index contributed by atoms with van der Waals surface area (Å²) in [6.07, 6.45) is 4.87. The van der Waals surface area contributed by atoms with Crippen molar-refractivity contribution in [2.45, 2.75) is 25.8 Å². The van der Waals surface area contributed by atoms with Gasteiger partial charge < -0.3 is 9.80 Å². The second-order valence-corrected chi connectivity index (χ2v) is 7.53. The summed E-state index contributed by atoms with van der Waals surface area (Å²) in [6, 6.07) is 20.7. The van der Waals surface area contributed by atoms with E-state index in [0.717, 1.165) is 38.2 Å². The number of benzene rings is 2. The minimum atomic E-state index is 0.0865. The van der Waals surface area contributed by atoms with Crippen LogP contribution in [0.25, 0.3) is 0 Å². The van der Waals surface area contributed by atoms with Gasteiger partial charge in [0.05, 0.1) is 0 Å². The maximum Gasteiger partial charge on any atom is 0.254 e. The van der Waals surface area contributed by atoms with Gasteiger partial charge in [0, 0.05) is 37.1 Å². The van der Waals surface area contributed by atoms with Crippen molar-refractivity contribution in [1.82, 2.24) is 9.88 Å². The molecule has 140 valence electrons. The van der Waals surface area contributed by atoms with Crippen molar-refractivity contribution in [3.63, 3.8) is 0 Å². The molecule has 1 aromatic heterocycles. The highest BCUT2D eigenvalue weighted by molar-refractivity contribution is 5.95. The Kier molecular flexibility index (Phi) is 4.32. The molecule has 0 saturated heterocycles. The lowest BCUT2D eigenvalue weighted by Crippen LogP contribution is -2.36. The summed E-state index contributed by atoms with van der Waals surface area (Å²) in [5.41, 5.74) is 5.87. The average molecular weight is 369 g/mol. The normalized spacial score (nSPS) is 15.7. The zero-order valence-corrected chi connectivity index (χ0v) is 15.8. The molecule has 4 heteroatoms. The minimum absolute atomic E-state index is 0.0865. The Balaban J connectivity index is 1.42. The first-order valence-corrected chi connectivity index (χ1v) is 9.97. The van der Waals surface area contributed by atoms with Gasteiger partial charge in [-0.25, -0.2) is 4.98 Å². The number of rotatable bonds is 2. The zero-order valence-electron chi connectivity index (χ0n) is 15.8. The van der Waals surface area contributed by atoms with E-state index in [1.54, 1.807) is 6.20 Å². The zero-order chi connectivity index (χ0) is 18.9. The fourth-order valence-corrected chi connectivity index (χ4v) is 4.32. The van der Waals surface area contributed by atoms with Crippen LogP contribution in [-0.4, -0.2) is 28.9 Å². The summed E-state index contributed by atoms with van der Waals surface area (Å²) in [7, 11) is 0. The maximum absolute atomic E-state index is 13.2. The number of nitrogens with zero attached hydrogens (tertiary/aromatic N) is 3. The lowest BCUT2D eigenvalue weighted by atomic mass is 9.99. The van der Waals surface area contributed by atoms with Crippen molar-refractivity contribution in [2.24, 2.45) is 0 Å². The quantitative estimate of drug-likeness (QED) is 0.673. The molecule has 0 radical (unpaired) electrons. The lowest BCUT2D eigenvalue weighted by Gasteiger charge is -2.31. The first-order valence-electron chi connectivity index (χ1n) is 9.97. The molecule has 28 heavy (non-hydrogen) atoms. The highest BCUT2D eigenvalue weighted by Crippen LogP contribution is 2.32. The third-order valence-electron chi connectivity index (χ3n) is 5.80. The third kappa shape index (κ3) is 3.05. The second kappa shape index (κ2) is 7.12. The molecule has 2 aromatic carbocycles. The Labute approximate surface area is 165 Å². The van der Waals surface area contributed by atoms with Crippen LogP contribution in [0.2, 0.25) is 0 Å². The summed E-state index contributed by atoms with van der Waals surface area (Å²) < 4.78 is 0. The Hall–Kier alpha value is -3.14. The molecule has 0 spiro atoms. The second-order valence-electron chi connectivity index (χ2n) is 7.53. The van der Waals surface area contributed by atoms with Crippen LogP contribution >= 0.6 is 0 Å². The van der Waals surface area contributed by atoms with Crippen LogP contribution in [0, 0.1) is 0 Å². The summed E-state index contributed by atoms with van der Waals surface area (Å²) in [5, 5.41) is 0. The summed E-state index contributed by atoms with van der Waals surface area (Å²) in [5.74, 6) is 0.943. The first kappa shape index (κ1) is 17.0. The predicted octanol–water partition coefficient (Wildman–Crippen LogP) is 4.36. The molecule has 2 aliphatic heterocycles. The molecular weight excluding hydrogens is 346 g/mol. The highest BCUT2D eigenvalue weighted by Gasteiger charge is 2.24. The van der Waals surface area contributed by atoms with E-state index in [1.807, 2.05) is 23.1 Å². The number of carbonyl (C=O) groups excluding carboxylic acids is 1. The van der Waals surface area contributed by atoms with Gasteiger partial charge in [-0.1, -0.05) is 42.5 Å². The van der Waals surface area contributed by atoms with Crippen molar-refractivity contribution in [1.29, 1.82) is 0 Å². The van der Waals surface area contributed by atoms with Crippen molar-refractivity contribution in [2.75, 3.05) is 18.0 Å². The van der Waals surface area contributed by atoms with Gasteiger partial charge in [0.15, 0.2) is 0 Å². The SMILES string of the molecule is O=C(c1ccnc(N2CCCc3ccccc32)c1)N1CCc2ccccc2C1. The van der Waals surface area contributed by atoms with E-state index in [4.69, 9.17) is 0 Å². The van der Waals surface area contributed by atoms with Gasteiger partial charge in [-0.2, -0.15) is 0 Å². The number of para-hydroxylation sites is 1. The average Bonchev–Trinajstić information content (AvgIpc) is 2.78. The Morgan fingerprint density at radius 2 is 1.64 bits per heavy atom. The topological polar surface area (TPSA) is 36.4 Å². The molecule has 3 heterocycles. The summed E-state index contributed by atoms with van der Waals surface area (Å²) >= 11 is 0. The number of aryl methyl sites for hydroxylation is 1. The molecule has 0 N–H and O–H groups in total. The standard InChI is InChI=1S/C24H23N3O/c28-24(26-15-12-18-6-1-2-8-21(18)17-26)20-11-13-25-23(16-20)27-14-5-9-19-7-3-4-10-22(19)27/h1-4,6-8,10-11,13,16H,5,9,12,14-15,17H2. The monoisotopic (exact) mass is 369 g/mol. The molecular formula is C24H23N3O. The fourth-order valence-electron chi connectivity index (χ4n) is 4.32. The molecule has 2 aliphatic rings. The number of aromatic nitrogens is 1. The van der Waals surface area contributed by atoms with Gasteiger partial charge in [-0.3, -0.25) is 4.79 Å². The number of hydrogen-bond donors (Lipinski definition) is 0. The largest absolute Gasteiger partial charge is 0.334 e. The summed E-state index contributed by atoms with van der Waals surface area (Å²) in [4.78, 5) is 21.9. The van der Waals surface area contributed by atoms with Crippen molar-refractivity contribution in [3.8, 4) is 0 Å². The van der Waals surface area contributed by atoms with Crippen molar-refractivity contribution < 1.29 is 4.79 Å². The van der Waals surface area contributed by atoms with E-state index in [1.165, 1.54) is 22.4 Å². The number of fused-ring (bicyclic) bond motifs is 2. The number of carbonyl (C=O) groups is 1. The van der Waals surface area contributed by atoms with Crippen LogP contribution in [0.15, 0.2) is 66.9 Å². The van der Waals surface area contributed by atoms with E-state index >= 15 is 0 Å². The van der Waals surface area contributed by atoms with Crippen LogP contribution in [-0.2, 0) is 19.4 Å². The van der Waals surface area contributed by atoms with Crippen LogP contribution in [0.1, 0.15) is 33.5 Å². The van der Waals surface area contributed by atoms with Crippen LogP contribution < -0.4 is 4.90 Å². The highest BCUT2D eigenvalue weighted by atomic mass is 16.2. The Morgan fingerprint density at radius 3 is 2.54 bits per heavy atom. The number of hydrogen-bond acceptors (Lipinski definition) is 3. The van der Waals surface area contributed by atoms with E-state index in [2.05, 4.69) is 52.3 Å². The molecule has 3 aromatic rings. The molecule has 5 rings (SSSR count). The molecule has 0 unspecified atom stereocenters. The molecule has 1 amide bonds. The van der Waals surface area contributed by atoms with E-state index in [9.17, 15) is 4.79 Å². The first-order chi connectivity index (χ1) is 13.8. The Bertz CT molecular complexity index is 1030.